The van der Waals surface area contributed by atoms with Crippen LogP contribution in [0.1, 0.15) is 144 Å². The molecule has 256 valence electrons. The summed E-state index contributed by atoms with van der Waals surface area (Å²) in [5.41, 5.74) is 5.36. The van der Waals surface area contributed by atoms with Gasteiger partial charge in [0.2, 0.25) is 5.95 Å². The number of carbonyl (C=O) groups excluding carboxylic acids is 3. The normalized spacial score (nSPS) is 11.2. The minimum absolute atomic E-state index is 0.0185. The molecular weight excluding hydrogens is 574 g/mol. The van der Waals surface area contributed by atoms with Crippen LogP contribution < -0.4 is 11.3 Å². The summed E-state index contributed by atoms with van der Waals surface area (Å²) in [4.78, 5) is 58.1. The molecule has 0 aliphatic rings. The lowest BCUT2D eigenvalue weighted by atomic mass is 9.83. The van der Waals surface area contributed by atoms with E-state index in [1.165, 1.54) is 19.3 Å². The Bertz CT molecular complexity index is 1160. The highest BCUT2D eigenvalue weighted by Gasteiger charge is 2.32. The summed E-state index contributed by atoms with van der Waals surface area (Å²) in [5, 5.41) is 0. The number of rotatable bonds is 23. The lowest BCUT2D eigenvalue weighted by Crippen LogP contribution is -2.35. The Morgan fingerprint density at radius 3 is 1.80 bits per heavy atom. The standard InChI is InChI=1S/C26H43N5O5.C8H16O/c1-4-7-9-11-13-20(32)35-17-26(6-3,18-36-21(33)14-12-10-8-5-2)15-16-31-19-28-22-23(31)29-25(27)30-24(22)34;1-3-4-5-6-7-8(2)9/h19H,4-18H2,1-3H3,(H3,27,29,30,34);3-7H2,1-2H3. The van der Waals surface area contributed by atoms with E-state index in [0.717, 1.165) is 64.2 Å². The van der Waals surface area contributed by atoms with Crippen LogP contribution in [0.5, 0.6) is 0 Å². The third kappa shape index (κ3) is 16.6. The monoisotopic (exact) mass is 633 g/mol. The minimum Gasteiger partial charge on any atom is -0.465 e. The number of ketones is 1. The van der Waals surface area contributed by atoms with E-state index >= 15 is 0 Å². The summed E-state index contributed by atoms with van der Waals surface area (Å²) in [5.74, 6) is -0.121. The molecule has 0 bridgehead atoms. The van der Waals surface area contributed by atoms with Gasteiger partial charge in [0, 0.05) is 31.2 Å². The van der Waals surface area contributed by atoms with E-state index in [4.69, 9.17) is 15.2 Å². The number of hydrogen-bond donors (Lipinski definition) is 2. The molecule has 3 N–H and O–H groups in total. The van der Waals surface area contributed by atoms with Crippen LogP contribution in [0, 0.1) is 5.41 Å². The average Bonchev–Trinajstić information content (AvgIpc) is 3.43. The number of hydrogen-bond acceptors (Lipinski definition) is 9. The number of aryl methyl sites for hydroxylation is 1. The maximum atomic E-state index is 12.4. The largest absolute Gasteiger partial charge is 0.465 e. The Morgan fingerprint density at radius 1 is 0.822 bits per heavy atom. The molecule has 11 nitrogen and oxygen atoms in total. The van der Waals surface area contributed by atoms with E-state index in [1.54, 1.807) is 17.8 Å². The molecule has 0 radical (unpaired) electrons. The van der Waals surface area contributed by atoms with Crippen molar-refractivity contribution < 1.29 is 23.9 Å². The van der Waals surface area contributed by atoms with Gasteiger partial charge in [-0.05, 0) is 39.0 Å². The van der Waals surface area contributed by atoms with Crippen molar-refractivity contribution in [1.82, 2.24) is 19.5 Å². The molecule has 0 saturated carbocycles. The highest BCUT2D eigenvalue weighted by molar-refractivity contribution is 5.75. The number of carbonyl (C=O) groups is 3. The molecule has 0 aromatic carbocycles. The lowest BCUT2D eigenvalue weighted by Gasteiger charge is -2.32. The van der Waals surface area contributed by atoms with E-state index < -0.39 is 11.0 Å². The van der Waals surface area contributed by atoms with Gasteiger partial charge in [-0.25, -0.2) is 4.98 Å². The number of Topliss-reactive ketones (excluding diaryl/α,β-unsaturated/α-hetero) is 1. The number of aromatic amines is 1. The molecule has 0 atom stereocenters. The third-order valence-electron chi connectivity index (χ3n) is 8.06. The summed E-state index contributed by atoms with van der Waals surface area (Å²) < 4.78 is 13.1. The van der Waals surface area contributed by atoms with Crippen molar-refractivity contribution >= 4 is 34.8 Å². The molecular formula is C34H59N5O6. The minimum atomic E-state index is -0.568. The predicted molar refractivity (Wildman–Crippen MR) is 179 cm³/mol. The molecule has 2 aromatic rings. The quantitative estimate of drug-likeness (QED) is 0.0964. The number of imidazole rings is 1. The number of fused-ring (bicyclic) bond motifs is 1. The van der Waals surface area contributed by atoms with Gasteiger partial charge in [-0.2, -0.15) is 4.98 Å². The first kappa shape index (κ1) is 39.8. The van der Waals surface area contributed by atoms with E-state index in [0.29, 0.717) is 43.7 Å². The summed E-state index contributed by atoms with van der Waals surface area (Å²) in [6.07, 6.45) is 17.1. The van der Waals surface area contributed by atoms with Crippen LogP contribution in [0.3, 0.4) is 0 Å². The van der Waals surface area contributed by atoms with Gasteiger partial charge in [-0.15, -0.1) is 0 Å². The Kier molecular flexibility index (Phi) is 20.5. The summed E-state index contributed by atoms with van der Waals surface area (Å²) in [6.45, 7) is 10.8. The Hall–Kier alpha value is -3.24. The first-order valence-electron chi connectivity index (χ1n) is 17.1. The maximum Gasteiger partial charge on any atom is 0.305 e. The maximum absolute atomic E-state index is 12.4. The van der Waals surface area contributed by atoms with E-state index in [2.05, 4.69) is 35.7 Å². The zero-order valence-corrected chi connectivity index (χ0v) is 28.6. The highest BCUT2D eigenvalue weighted by atomic mass is 16.5. The fraction of sp³-hybridized carbons (Fsp3) is 0.765. The molecule has 2 heterocycles. The van der Waals surface area contributed by atoms with Crippen LogP contribution in [-0.4, -0.2) is 50.5 Å². The number of esters is 2. The Balaban J connectivity index is 0.000000975. The second-order valence-corrected chi connectivity index (χ2v) is 12.1. The molecule has 0 saturated heterocycles. The number of nitrogens with zero attached hydrogens (tertiary/aromatic N) is 3. The number of nitrogens with two attached hydrogens (primary N) is 1. The fourth-order valence-electron chi connectivity index (χ4n) is 4.86. The van der Waals surface area contributed by atoms with Gasteiger partial charge in [-0.1, -0.05) is 85.5 Å². The smallest absolute Gasteiger partial charge is 0.305 e. The van der Waals surface area contributed by atoms with Gasteiger partial charge in [-0.3, -0.25) is 19.4 Å². The van der Waals surface area contributed by atoms with E-state index in [-0.39, 0.29) is 36.6 Å². The van der Waals surface area contributed by atoms with Gasteiger partial charge in [0.05, 0.1) is 6.33 Å². The number of unbranched alkanes of at least 4 members (excludes halogenated alkanes) is 9. The molecule has 45 heavy (non-hydrogen) atoms. The van der Waals surface area contributed by atoms with Crippen molar-refractivity contribution in [2.75, 3.05) is 18.9 Å². The number of nitrogens with one attached hydrogen (secondary N) is 1. The molecule has 11 heteroatoms. The summed E-state index contributed by atoms with van der Waals surface area (Å²) >= 11 is 0. The molecule has 0 amide bonds. The first-order valence-corrected chi connectivity index (χ1v) is 17.1. The SMILES string of the molecule is CCCCCCC(=O)OCC(CC)(CCn1cnc2c(=O)[nH]c(N)nc21)COC(=O)CCCCCC.CCCCCCC(C)=O. The number of aromatic nitrogens is 4. The molecule has 0 fully saturated rings. The van der Waals surface area contributed by atoms with Crippen molar-refractivity contribution in [3.8, 4) is 0 Å². The van der Waals surface area contributed by atoms with Crippen LogP contribution in [0.4, 0.5) is 5.95 Å². The van der Waals surface area contributed by atoms with E-state index in [1.807, 2.05) is 6.92 Å². The van der Waals surface area contributed by atoms with Crippen LogP contribution in [0.15, 0.2) is 11.1 Å². The molecule has 0 aliphatic carbocycles. The van der Waals surface area contributed by atoms with Gasteiger partial charge >= 0.3 is 11.9 Å². The zero-order chi connectivity index (χ0) is 33.5. The number of nitrogen functional groups attached to an aromatic ring is 1. The molecule has 2 rings (SSSR count). The van der Waals surface area contributed by atoms with Gasteiger partial charge < -0.3 is 24.6 Å². The number of anilines is 1. The molecule has 2 aromatic heterocycles. The Morgan fingerprint density at radius 2 is 1.33 bits per heavy atom. The summed E-state index contributed by atoms with van der Waals surface area (Å²) in [7, 11) is 0. The fourth-order valence-corrected chi connectivity index (χ4v) is 4.86. The lowest BCUT2D eigenvalue weighted by molar-refractivity contribution is -0.155. The van der Waals surface area contributed by atoms with Crippen molar-refractivity contribution in [2.24, 2.45) is 5.41 Å². The van der Waals surface area contributed by atoms with Crippen molar-refractivity contribution in [3.05, 3.63) is 16.7 Å². The second-order valence-electron chi connectivity index (χ2n) is 12.1. The van der Waals surface area contributed by atoms with E-state index in [9.17, 15) is 19.2 Å². The molecule has 0 unspecified atom stereocenters. The van der Waals surface area contributed by atoms with Crippen LogP contribution >= 0.6 is 0 Å². The predicted octanol–water partition coefficient (Wildman–Crippen LogP) is 7.06. The van der Waals surface area contributed by atoms with Crippen molar-refractivity contribution in [1.29, 1.82) is 0 Å². The topological polar surface area (TPSA) is 159 Å². The van der Waals surface area contributed by atoms with Crippen LogP contribution in [0.2, 0.25) is 0 Å². The molecule has 0 aliphatic heterocycles. The summed E-state index contributed by atoms with van der Waals surface area (Å²) in [6, 6.07) is 0. The number of H-pyrrole nitrogens is 1. The van der Waals surface area contributed by atoms with Crippen molar-refractivity contribution in [3.63, 3.8) is 0 Å². The first-order chi connectivity index (χ1) is 21.6. The third-order valence-corrected chi connectivity index (χ3v) is 8.06. The Labute approximate surface area is 269 Å². The second kappa shape index (κ2) is 23.1. The van der Waals surface area contributed by atoms with Gasteiger partial charge in [0.1, 0.15) is 19.0 Å². The molecule has 0 spiro atoms. The zero-order valence-electron chi connectivity index (χ0n) is 28.6. The number of ether oxygens (including phenoxy) is 2. The van der Waals surface area contributed by atoms with Gasteiger partial charge in [0.15, 0.2) is 11.2 Å². The van der Waals surface area contributed by atoms with Gasteiger partial charge in [0.25, 0.3) is 5.56 Å². The van der Waals surface area contributed by atoms with Crippen LogP contribution in [0.25, 0.3) is 11.2 Å². The highest BCUT2D eigenvalue weighted by Crippen LogP contribution is 2.30. The van der Waals surface area contributed by atoms with Crippen molar-refractivity contribution in [2.45, 2.75) is 150 Å². The van der Waals surface area contributed by atoms with Crippen LogP contribution in [-0.2, 0) is 30.4 Å². The average molecular weight is 634 g/mol.